The molecular weight excluding hydrogens is 655 g/mol. The molecule has 2 N–H and O–H groups in total. The molecule has 4 saturated heterocycles. The highest BCUT2D eigenvalue weighted by Crippen LogP contribution is 2.51. The van der Waals surface area contributed by atoms with Gasteiger partial charge in [-0.3, -0.25) is 4.90 Å². The third-order valence-electron chi connectivity index (χ3n) is 12.0. The first kappa shape index (κ1) is 34.6. The van der Waals surface area contributed by atoms with Crippen LogP contribution in [0.4, 0.5) is 23.7 Å². The van der Waals surface area contributed by atoms with E-state index in [1.165, 1.54) is 25.3 Å². The standard InChI is InChI=1S/C36H48F3N5O4S/c1-48-34(45)41-32-8-3-7-30(32)36(24-42-13-4-14-42,26-5-2-6-27(37)17-26)25-11-15-43(16-12-25)21-35(39)22-44(23-35)33-10-9-28(18-31(33)38)49(46,47)29-19-40-20-29/h2,5-6,9-10,17-18,25,29-30,32,40H,3-4,7-8,11-16,19-24H2,1H3,(H,41,45)/t30-,32-,36-/m0/s1. The molecule has 0 bridgehead atoms. The van der Waals surface area contributed by atoms with Crippen molar-refractivity contribution in [3.63, 3.8) is 0 Å². The molecule has 9 nitrogen and oxygen atoms in total. The van der Waals surface area contributed by atoms with Gasteiger partial charge in [0.1, 0.15) is 11.6 Å². The lowest BCUT2D eigenvalue weighted by Gasteiger charge is -2.54. The highest BCUT2D eigenvalue weighted by atomic mass is 32.2. The zero-order chi connectivity index (χ0) is 34.4. The summed E-state index contributed by atoms with van der Waals surface area (Å²) in [6, 6.07) is 10.9. The van der Waals surface area contributed by atoms with Gasteiger partial charge in [0.2, 0.25) is 0 Å². The maximum absolute atomic E-state index is 16.1. The van der Waals surface area contributed by atoms with Gasteiger partial charge in [-0.2, -0.15) is 0 Å². The smallest absolute Gasteiger partial charge is 0.407 e. The van der Waals surface area contributed by atoms with Crippen LogP contribution in [-0.4, -0.2) is 114 Å². The van der Waals surface area contributed by atoms with Crippen LogP contribution in [0.5, 0.6) is 0 Å². The summed E-state index contributed by atoms with van der Waals surface area (Å²) in [5.74, 6) is -0.626. The molecule has 5 fully saturated rings. The van der Waals surface area contributed by atoms with E-state index in [-0.39, 0.29) is 53.9 Å². The van der Waals surface area contributed by atoms with E-state index in [1.54, 1.807) is 17.0 Å². The topological polar surface area (TPSA) is 94.2 Å². The SMILES string of the molecule is COC(=O)N[C@H]1CCC[C@@H]1[C@](CN1CCC1)(c1cccc(F)c1)C1CCN(CC2(F)CN(c3ccc(S(=O)(=O)C4CNC4)cc3F)C2)CC1. The number of methoxy groups -OCH3 is 1. The molecule has 49 heavy (non-hydrogen) atoms. The first-order valence-electron chi connectivity index (χ1n) is 17.7. The van der Waals surface area contributed by atoms with E-state index in [0.29, 0.717) is 26.2 Å². The van der Waals surface area contributed by atoms with E-state index in [9.17, 15) is 17.6 Å². The number of carbonyl (C=O) groups is 1. The number of ether oxygens (including phenoxy) is 1. The van der Waals surface area contributed by atoms with Crippen molar-refractivity contribution in [2.24, 2.45) is 11.8 Å². The normalized spacial score (nSPS) is 26.3. The van der Waals surface area contributed by atoms with E-state index >= 15 is 8.78 Å². The van der Waals surface area contributed by atoms with Gasteiger partial charge in [-0.15, -0.1) is 0 Å². The molecule has 13 heteroatoms. The van der Waals surface area contributed by atoms with Crippen LogP contribution in [0.2, 0.25) is 0 Å². The molecule has 4 heterocycles. The largest absolute Gasteiger partial charge is 0.453 e. The Morgan fingerprint density at radius 2 is 1.76 bits per heavy atom. The first-order valence-corrected chi connectivity index (χ1v) is 19.3. The average Bonchev–Trinajstić information content (AvgIpc) is 3.47. The molecule has 7 rings (SSSR count). The molecule has 0 radical (unpaired) electrons. The lowest BCUT2D eigenvalue weighted by atomic mass is 9.57. The van der Waals surface area contributed by atoms with Gasteiger partial charge >= 0.3 is 6.09 Å². The number of amides is 1. The Hall–Kier alpha value is -2.87. The maximum atomic E-state index is 16.1. The quantitative estimate of drug-likeness (QED) is 0.362. The number of carbonyl (C=O) groups excluding carboxylic acids is 1. The van der Waals surface area contributed by atoms with Gasteiger partial charge in [0, 0.05) is 37.6 Å². The van der Waals surface area contributed by atoms with Crippen molar-refractivity contribution < 1.29 is 31.1 Å². The number of alkyl halides is 1. The number of nitrogens with zero attached hydrogens (tertiary/aromatic N) is 3. The number of piperidine rings is 1. The van der Waals surface area contributed by atoms with Gasteiger partial charge in [-0.25, -0.2) is 26.4 Å². The predicted molar refractivity (Wildman–Crippen MR) is 181 cm³/mol. The minimum absolute atomic E-state index is 0.0353. The average molecular weight is 704 g/mol. The number of hydrogen-bond acceptors (Lipinski definition) is 8. The number of alkyl carbamates (subject to hydrolysis) is 1. The van der Waals surface area contributed by atoms with E-state index in [0.717, 1.165) is 69.8 Å². The van der Waals surface area contributed by atoms with Crippen molar-refractivity contribution in [2.75, 3.05) is 77.5 Å². The number of rotatable bonds is 11. The number of benzene rings is 2. The Bertz CT molecular complexity index is 1630. The Kier molecular flexibility index (Phi) is 9.66. The molecule has 5 aliphatic rings. The Morgan fingerprint density at radius 1 is 1.00 bits per heavy atom. The zero-order valence-electron chi connectivity index (χ0n) is 28.2. The Balaban J connectivity index is 1.05. The summed E-state index contributed by atoms with van der Waals surface area (Å²) < 4.78 is 76.6. The third kappa shape index (κ3) is 6.68. The highest BCUT2D eigenvalue weighted by Gasteiger charge is 2.54. The summed E-state index contributed by atoms with van der Waals surface area (Å²) in [6.07, 6.45) is 5.04. The molecule has 0 unspecified atom stereocenters. The Labute approximate surface area is 287 Å². The molecule has 1 aliphatic carbocycles. The number of hydrogen-bond donors (Lipinski definition) is 2. The molecule has 0 spiro atoms. The molecule has 1 saturated carbocycles. The van der Waals surface area contributed by atoms with Crippen LogP contribution in [0.1, 0.15) is 44.1 Å². The van der Waals surface area contributed by atoms with Crippen molar-refractivity contribution in [3.8, 4) is 0 Å². The summed E-state index contributed by atoms with van der Waals surface area (Å²) in [7, 11) is -2.22. The summed E-state index contributed by atoms with van der Waals surface area (Å²) in [5.41, 5.74) is -0.720. The second kappa shape index (κ2) is 13.7. The third-order valence-corrected chi connectivity index (χ3v) is 14.1. The molecule has 2 aromatic carbocycles. The number of nitrogens with one attached hydrogen (secondary N) is 2. The molecule has 1 amide bonds. The summed E-state index contributed by atoms with van der Waals surface area (Å²) in [6.45, 7) is 5.17. The van der Waals surface area contributed by atoms with Gasteiger partial charge < -0.3 is 25.2 Å². The first-order chi connectivity index (χ1) is 23.5. The van der Waals surface area contributed by atoms with Crippen molar-refractivity contribution in [3.05, 3.63) is 59.7 Å². The van der Waals surface area contributed by atoms with Crippen molar-refractivity contribution in [1.29, 1.82) is 0 Å². The fourth-order valence-electron chi connectivity index (χ4n) is 9.25. The number of halogens is 3. The second-order valence-corrected chi connectivity index (χ2v) is 17.2. The van der Waals surface area contributed by atoms with Crippen LogP contribution in [0, 0.1) is 23.5 Å². The van der Waals surface area contributed by atoms with Gasteiger partial charge in [-0.1, -0.05) is 18.6 Å². The van der Waals surface area contributed by atoms with E-state index in [2.05, 4.69) is 20.4 Å². The number of sulfone groups is 1. The van der Waals surface area contributed by atoms with E-state index < -0.39 is 38.1 Å². The van der Waals surface area contributed by atoms with Crippen LogP contribution < -0.4 is 15.5 Å². The molecule has 268 valence electrons. The van der Waals surface area contributed by atoms with Crippen molar-refractivity contribution >= 4 is 21.6 Å². The van der Waals surface area contributed by atoms with Crippen LogP contribution in [-0.2, 0) is 20.0 Å². The van der Waals surface area contributed by atoms with Crippen molar-refractivity contribution in [2.45, 2.75) is 65.8 Å². The maximum Gasteiger partial charge on any atom is 0.407 e. The molecular formula is C36H48F3N5O4S. The van der Waals surface area contributed by atoms with Crippen LogP contribution in [0.3, 0.4) is 0 Å². The van der Waals surface area contributed by atoms with Gasteiger partial charge in [0.25, 0.3) is 0 Å². The van der Waals surface area contributed by atoms with Gasteiger partial charge in [0.15, 0.2) is 15.5 Å². The monoisotopic (exact) mass is 703 g/mol. The Morgan fingerprint density at radius 3 is 2.37 bits per heavy atom. The van der Waals surface area contributed by atoms with Gasteiger partial charge in [-0.05, 0) is 106 Å². The van der Waals surface area contributed by atoms with Gasteiger partial charge in [0.05, 0.1) is 36.0 Å². The van der Waals surface area contributed by atoms with E-state index in [4.69, 9.17) is 4.74 Å². The minimum atomic E-state index is -3.60. The molecule has 4 aliphatic heterocycles. The van der Waals surface area contributed by atoms with Crippen LogP contribution in [0.15, 0.2) is 47.4 Å². The number of likely N-dealkylation sites (tertiary alicyclic amines) is 2. The lowest BCUT2D eigenvalue weighted by Crippen LogP contribution is -2.65. The molecule has 0 aromatic heterocycles. The lowest BCUT2D eigenvalue weighted by molar-refractivity contribution is 0.00575. The summed E-state index contributed by atoms with van der Waals surface area (Å²) >= 11 is 0. The fourth-order valence-corrected chi connectivity index (χ4v) is 10.8. The van der Waals surface area contributed by atoms with Crippen molar-refractivity contribution in [1.82, 2.24) is 20.4 Å². The molecule has 3 atom stereocenters. The molecule has 2 aromatic rings. The highest BCUT2D eigenvalue weighted by molar-refractivity contribution is 7.92. The fraction of sp³-hybridized carbons (Fsp3) is 0.639. The second-order valence-electron chi connectivity index (χ2n) is 15.0. The predicted octanol–water partition coefficient (Wildman–Crippen LogP) is 4.12. The van der Waals surface area contributed by atoms with E-state index in [1.807, 2.05) is 6.07 Å². The zero-order valence-corrected chi connectivity index (χ0v) is 29.0. The minimum Gasteiger partial charge on any atom is -0.453 e. The van der Waals surface area contributed by atoms with Crippen LogP contribution in [0.25, 0.3) is 0 Å². The number of anilines is 1. The van der Waals surface area contributed by atoms with Crippen LogP contribution >= 0.6 is 0 Å². The summed E-state index contributed by atoms with van der Waals surface area (Å²) in [4.78, 5) is 18.6. The summed E-state index contributed by atoms with van der Waals surface area (Å²) in [5, 5.41) is 5.51.